The Morgan fingerprint density at radius 2 is 1.53 bits per heavy atom. The van der Waals surface area contributed by atoms with Crippen LogP contribution in [0.3, 0.4) is 0 Å². The van der Waals surface area contributed by atoms with Crippen LogP contribution in [0.25, 0.3) is 0 Å². The zero-order valence-electron chi connectivity index (χ0n) is 18.4. The first-order chi connectivity index (χ1) is 15.5. The van der Waals surface area contributed by atoms with E-state index in [0.29, 0.717) is 11.5 Å². The number of Topliss-reactive ketones (excluding diaryl/α,β-unsaturated/α-hetero) is 1. The highest BCUT2D eigenvalue weighted by Gasteiger charge is 2.64. The normalized spacial score (nSPS) is 26.3. The van der Waals surface area contributed by atoms with Gasteiger partial charge >= 0.3 is 0 Å². The SMILES string of the molecule is CC(C)C[C@H]1N[C@]2(C(=O)Nc3ccccc32)[C@H](C(=O)c2ccccc2)[C@@H]1c1ccccc1. The predicted octanol–water partition coefficient (Wildman–Crippen LogP) is 5.13. The van der Waals surface area contributed by atoms with Crippen LogP contribution in [-0.2, 0) is 10.3 Å². The molecule has 0 bridgehead atoms. The van der Waals surface area contributed by atoms with Crippen molar-refractivity contribution >= 4 is 17.4 Å². The molecule has 1 amide bonds. The lowest BCUT2D eigenvalue weighted by molar-refractivity contribution is -0.122. The molecule has 2 heterocycles. The molecule has 1 saturated heterocycles. The summed E-state index contributed by atoms with van der Waals surface area (Å²) in [7, 11) is 0. The van der Waals surface area contributed by atoms with Gasteiger partial charge in [0.2, 0.25) is 5.91 Å². The van der Waals surface area contributed by atoms with Gasteiger partial charge in [-0.25, -0.2) is 0 Å². The quantitative estimate of drug-likeness (QED) is 0.558. The monoisotopic (exact) mass is 424 g/mol. The van der Waals surface area contributed by atoms with Crippen LogP contribution in [-0.4, -0.2) is 17.7 Å². The van der Waals surface area contributed by atoms with Gasteiger partial charge in [0, 0.05) is 28.8 Å². The molecule has 2 aliphatic rings. The zero-order valence-corrected chi connectivity index (χ0v) is 18.4. The highest BCUT2D eigenvalue weighted by atomic mass is 16.2. The molecular weight excluding hydrogens is 396 g/mol. The fraction of sp³-hybridized carbons (Fsp3) is 0.286. The van der Waals surface area contributed by atoms with Crippen molar-refractivity contribution in [2.75, 3.05) is 5.32 Å². The summed E-state index contributed by atoms with van der Waals surface area (Å²) in [6.07, 6.45) is 0.870. The standard InChI is InChI=1S/C28H28N2O2/c1-18(2)17-23-24(19-11-5-3-6-12-19)25(26(31)20-13-7-4-8-14-20)28(30-23)21-15-9-10-16-22(21)29-27(28)32/h3-16,18,23-25,30H,17H2,1-2H3,(H,29,32)/t23-,24-,25+,28+/m1/s1. The van der Waals surface area contributed by atoms with Crippen LogP contribution in [0.1, 0.15) is 47.7 Å². The molecule has 0 aliphatic carbocycles. The fourth-order valence-corrected chi connectivity index (χ4v) is 5.66. The van der Waals surface area contributed by atoms with Gasteiger partial charge < -0.3 is 5.32 Å². The molecular formula is C28H28N2O2. The highest BCUT2D eigenvalue weighted by molar-refractivity contribution is 6.12. The molecule has 0 aromatic heterocycles. The van der Waals surface area contributed by atoms with Crippen molar-refractivity contribution in [2.45, 2.75) is 37.8 Å². The van der Waals surface area contributed by atoms with Crippen molar-refractivity contribution in [1.29, 1.82) is 0 Å². The molecule has 3 aromatic carbocycles. The number of carbonyl (C=O) groups excluding carboxylic acids is 2. The maximum Gasteiger partial charge on any atom is 0.250 e. The number of nitrogens with one attached hydrogen (secondary N) is 2. The molecule has 2 aliphatic heterocycles. The Morgan fingerprint density at radius 1 is 0.906 bits per heavy atom. The second-order valence-electron chi connectivity index (χ2n) is 9.33. The predicted molar refractivity (Wildman–Crippen MR) is 127 cm³/mol. The average molecular weight is 425 g/mol. The summed E-state index contributed by atoms with van der Waals surface area (Å²) in [4.78, 5) is 27.8. The van der Waals surface area contributed by atoms with E-state index in [-0.39, 0.29) is 23.7 Å². The van der Waals surface area contributed by atoms with Gasteiger partial charge in [-0.2, -0.15) is 0 Å². The molecule has 1 fully saturated rings. The van der Waals surface area contributed by atoms with Crippen LogP contribution >= 0.6 is 0 Å². The molecule has 0 unspecified atom stereocenters. The number of para-hydroxylation sites is 1. The summed E-state index contributed by atoms with van der Waals surface area (Å²) >= 11 is 0. The number of amides is 1. The maximum absolute atomic E-state index is 14.2. The molecule has 4 atom stereocenters. The minimum absolute atomic E-state index is 0.00469. The molecule has 4 nitrogen and oxygen atoms in total. The van der Waals surface area contributed by atoms with Gasteiger partial charge in [0.1, 0.15) is 5.54 Å². The number of fused-ring (bicyclic) bond motifs is 2. The average Bonchev–Trinajstić information content (AvgIpc) is 3.29. The molecule has 0 radical (unpaired) electrons. The summed E-state index contributed by atoms with van der Waals surface area (Å²) in [5.41, 5.74) is 2.29. The summed E-state index contributed by atoms with van der Waals surface area (Å²) in [6, 6.07) is 27.3. The first-order valence-corrected chi connectivity index (χ1v) is 11.3. The molecule has 0 saturated carbocycles. The third kappa shape index (κ3) is 3.18. The van der Waals surface area contributed by atoms with Crippen molar-refractivity contribution in [3.63, 3.8) is 0 Å². The number of hydrogen-bond donors (Lipinski definition) is 2. The number of anilines is 1. The van der Waals surface area contributed by atoms with Gasteiger partial charge in [0.05, 0.1) is 5.92 Å². The van der Waals surface area contributed by atoms with E-state index in [4.69, 9.17) is 0 Å². The first-order valence-electron chi connectivity index (χ1n) is 11.3. The molecule has 5 rings (SSSR count). The lowest BCUT2D eigenvalue weighted by Crippen LogP contribution is -2.51. The van der Waals surface area contributed by atoms with Crippen LogP contribution < -0.4 is 10.6 Å². The third-order valence-electron chi connectivity index (χ3n) is 6.88. The van der Waals surface area contributed by atoms with E-state index >= 15 is 0 Å². The van der Waals surface area contributed by atoms with Gasteiger partial charge in [0.15, 0.2) is 5.78 Å². The van der Waals surface area contributed by atoms with Crippen molar-refractivity contribution in [3.8, 4) is 0 Å². The maximum atomic E-state index is 14.2. The van der Waals surface area contributed by atoms with E-state index in [1.54, 1.807) is 0 Å². The van der Waals surface area contributed by atoms with Crippen LogP contribution in [0.4, 0.5) is 5.69 Å². The molecule has 2 N–H and O–H groups in total. The van der Waals surface area contributed by atoms with Crippen LogP contribution in [0.5, 0.6) is 0 Å². The lowest BCUT2D eigenvalue weighted by Gasteiger charge is -2.31. The smallest absolute Gasteiger partial charge is 0.250 e. The van der Waals surface area contributed by atoms with Crippen LogP contribution in [0.2, 0.25) is 0 Å². The van der Waals surface area contributed by atoms with E-state index in [2.05, 4.69) is 36.6 Å². The van der Waals surface area contributed by atoms with Crippen LogP contribution in [0.15, 0.2) is 84.9 Å². The van der Waals surface area contributed by atoms with Gasteiger partial charge in [-0.15, -0.1) is 0 Å². The van der Waals surface area contributed by atoms with E-state index in [1.807, 2.05) is 72.8 Å². The van der Waals surface area contributed by atoms with Crippen molar-refractivity contribution in [1.82, 2.24) is 5.32 Å². The minimum atomic E-state index is -1.09. The minimum Gasteiger partial charge on any atom is -0.324 e. The molecule has 1 spiro atoms. The number of hydrogen-bond acceptors (Lipinski definition) is 3. The Labute approximate surface area is 189 Å². The zero-order chi connectivity index (χ0) is 22.3. The van der Waals surface area contributed by atoms with Crippen molar-refractivity contribution in [3.05, 3.63) is 102 Å². The fourth-order valence-electron chi connectivity index (χ4n) is 5.66. The molecule has 32 heavy (non-hydrogen) atoms. The van der Waals surface area contributed by atoms with E-state index in [1.165, 1.54) is 0 Å². The van der Waals surface area contributed by atoms with Gasteiger partial charge in [-0.05, 0) is 24.0 Å². The van der Waals surface area contributed by atoms with Gasteiger partial charge in [-0.1, -0.05) is 92.7 Å². The number of ketones is 1. The first kappa shape index (κ1) is 20.7. The largest absolute Gasteiger partial charge is 0.324 e. The Balaban J connectivity index is 1.74. The molecule has 162 valence electrons. The molecule has 3 aromatic rings. The summed E-state index contributed by atoms with van der Waals surface area (Å²) in [5.74, 6) is -0.394. The van der Waals surface area contributed by atoms with E-state index in [9.17, 15) is 9.59 Å². The van der Waals surface area contributed by atoms with Gasteiger partial charge in [-0.3, -0.25) is 14.9 Å². The van der Waals surface area contributed by atoms with Crippen molar-refractivity contribution in [2.24, 2.45) is 11.8 Å². The Hall–Kier alpha value is -3.24. The third-order valence-corrected chi connectivity index (χ3v) is 6.88. The summed E-state index contributed by atoms with van der Waals surface area (Å²) < 4.78 is 0. The van der Waals surface area contributed by atoms with E-state index < -0.39 is 11.5 Å². The number of benzene rings is 3. The Kier molecular flexibility index (Phi) is 5.18. The molecule has 4 heteroatoms. The van der Waals surface area contributed by atoms with E-state index in [0.717, 1.165) is 23.2 Å². The number of rotatable bonds is 5. The second-order valence-corrected chi connectivity index (χ2v) is 9.33. The summed E-state index contributed by atoms with van der Waals surface area (Å²) in [6.45, 7) is 4.37. The lowest BCUT2D eigenvalue weighted by atomic mass is 9.69. The second kappa shape index (κ2) is 8.03. The topological polar surface area (TPSA) is 58.2 Å². The van der Waals surface area contributed by atoms with Gasteiger partial charge in [0.25, 0.3) is 0 Å². The Morgan fingerprint density at radius 3 is 2.22 bits per heavy atom. The highest BCUT2D eigenvalue weighted by Crippen LogP contribution is 2.54. The summed E-state index contributed by atoms with van der Waals surface area (Å²) in [5, 5.41) is 6.78. The number of carbonyl (C=O) groups is 2. The Bertz CT molecular complexity index is 1140. The van der Waals surface area contributed by atoms with Crippen molar-refractivity contribution < 1.29 is 9.59 Å². The van der Waals surface area contributed by atoms with Crippen LogP contribution in [0, 0.1) is 11.8 Å².